The lowest BCUT2D eigenvalue weighted by Crippen LogP contribution is -2.45. The first-order valence-corrected chi connectivity index (χ1v) is 13.2. The predicted molar refractivity (Wildman–Crippen MR) is 147 cm³/mol. The largest absolute Gasteiger partial charge is 0.465 e. The molecule has 0 aromatic heterocycles. The number of likely N-dealkylation sites (tertiary alicyclic amines) is 1. The quantitative estimate of drug-likeness (QED) is 0.395. The Hall–Kier alpha value is -3.51. The molecule has 0 unspecified atom stereocenters. The number of amides is 1. The van der Waals surface area contributed by atoms with Crippen LogP contribution in [0.4, 0.5) is 10.1 Å². The number of ether oxygens (including phenoxy) is 1. The van der Waals surface area contributed by atoms with Gasteiger partial charge in [-0.25, -0.2) is 9.18 Å². The number of fused-ring (bicyclic) bond motifs is 2. The van der Waals surface area contributed by atoms with E-state index >= 15 is 0 Å². The van der Waals surface area contributed by atoms with Crippen LogP contribution in [0.2, 0.25) is 0 Å². The summed E-state index contributed by atoms with van der Waals surface area (Å²) in [5, 5.41) is 0. The van der Waals surface area contributed by atoms with Crippen LogP contribution in [0, 0.1) is 5.82 Å². The molecule has 0 radical (unpaired) electrons. The van der Waals surface area contributed by atoms with Gasteiger partial charge >= 0.3 is 5.97 Å². The van der Waals surface area contributed by atoms with Gasteiger partial charge in [0.2, 0.25) is 0 Å². The average Bonchev–Trinajstić information content (AvgIpc) is 3.22. The van der Waals surface area contributed by atoms with E-state index in [1.54, 1.807) is 24.3 Å². The van der Waals surface area contributed by atoms with Gasteiger partial charge in [0.15, 0.2) is 0 Å². The molecule has 198 valence electrons. The molecule has 0 saturated carbocycles. The molecule has 0 atom stereocenters. The Bertz CT molecular complexity index is 1330. The average molecular weight is 515 g/mol. The first-order chi connectivity index (χ1) is 18.1. The first-order valence-electron chi connectivity index (χ1n) is 13.2. The second-order valence-electron chi connectivity index (χ2n) is 11.6. The molecule has 2 aliphatic heterocycles. The number of carbonyl (C=O) groups excluding carboxylic acids is 2. The molecule has 5 nitrogen and oxygen atoms in total. The zero-order valence-electron chi connectivity index (χ0n) is 22.6. The number of benzene rings is 3. The summed E-state index contributed by atoms with van der Waals surface area (Å²) in [5.74, 6) is -0.642. The van der Waals surface area contributed by atoms with Gasteiger partial charge in [-0.05, 0) is 90.5 Å². The summed E-state index contributed by atoms with van der Waals surface area (Å²) < 4.78 is 19.2. The molecule has 38 heavy (non-hydrogen) atoms. The lowest BCUT2D eigenvalue weighted by molar-refractivity contribution is 0.0600. The minimum atomic E-state index is -0.340. The summed E-state index contributed by atoms with van der Waals surface area (Å²) in [6.45, 7) is 9.49. The van der Waals surface area contributed by atoms with Crippen molar-refractivity contribution in [1.29, 1.82) is 0 Å². The number of nitrogens with zero attached hydrogens (tertiary/aromatic N) is 2. The number of carbonyl (C=O) groups is 2. The second kappa shape index (κ2) is 9.99. The van der Waals surface area contributed by atoms with Crippen molar-refractivity contribution >= 4 is 17.6 Å². The minimum Gasteiger partial charge on any atom is -0.465 e. The number of hydrogen-bond donors (Lipinski definition) is 0. The summed E-state index contributed by atoms with van der Waals surface area (Å²) in [6.07, 6.45) is 1.69. The SMILES string of the molecule is COC(=O)c1ccc(CN2CCC3(CC2)CN(C(=O)c2ccc(C(C)(C)C)cc2)c2ccc(F)cc23)cc1. The van der Waals surface area contributed by atoms with E-state index < -0.39 is 0 Å². The number of hydrogen-bond acceptors (Lipinski definition) is 4. The normalized spacial score (nSPS) is 16.9. The van der Waals surface area contributed by atoms with Crippen LogP contribution in [0.1, 0.15) is 71.0 Å². The van der Waals surface area contributed by atoms with Crippen molar-refractivity contribution in [3.8, 4) is 0 Å². The molecule has 1 spiro atoms. The van der Waals surface area contributed by atoms with Crippen LogP contribution in [0.5, 0.6) is 0 Å². The molecule has 1 saturated heterocycles. The van der Waals surface area contributed by atoms with Crippen molar-refractivity contribution in [2.45, 2.75) is 51.0 Å². The van der Waals surface area contributed by atoms with Crippen LogP contribution < -0.4 is 4.90 Å². The summed E-state index contributed by atoms with van der Waals surface area (Å²) in [6, 6.07) is 20.2. The Balaban J connectivity index is 1.32. The van der Waals surface area contributed by atoms with Gasteiger partial charge in [0.25, 0.3) is 5.91 Å². The zero-order valence-corrected chi connectivity index (χ0v) is 22.6. The summed E-state index contributed by atoms with van der Waals surface area (Å²) in [4.78, 5) is 29.6. The fourth-order valence-corrected chi connectivity index (χ4v) is 5.78. The van der Waals surface area contributed by atoms with Gasteiger partial charge < -0.3 is 9.64 Å². The van der Waals surface area contributed by atoms with E-state index in [0.717, 1.165) is 49.3 Å². The maximum atomic E-state index is 14.4. The topological polar surface area (TPSA) is 49.9 Å². The third-order valence-corrected chi connectivity index (χ3v) is 8.12. The molecular weight excluding hydrogens is 479 g/mol. The van der Waals surface area contributed by atoms with Gasteiger partial charge in [0.1, 0.15) is 5.82 Å². The number of halogens is 1. The predicted octanol–water partition coefficient (Wildman–Crippen LogP) is 6.10. The molecular formula is C32H35FN2O3. The fraction of sp³-hybridized carbons (Fsp3) is 0.375. The highest BCUT2D eigenvalue weighted by atomic mass is 19.1. The lowest BCUT2D eigenvalue weighted by Gasteiger charge is -2.40. The van der Waals surface area contributed by atoms with Gasteiger partial charge in [0.05, 0.1) is 12.7 Å². The Morgan fingerprint density at radius 3 is 2.16 bits per heavy atom. The maximum Gasteiger partial charge on any atom is 0.337 e. The van der Waals surface area contributed by atoms with Crippen molar-refractivity contribution in [3.05, 3.63) is 100 Å². The monoisotopic (exact) mass is 514 g/mol. The second-order valence-corrected chi connectivity index (χ2v) is 11.6. The number of methoxy groups -OCH3 is 1. The molecule has 0 bridgehead atoms. The molecule has 3 aromatic rings. The van der Waals surface area contributed by atoms with E-state index in [9.17, 15) is 14.0 Å². The summed E-state index contributed by atoms with van der Waals surface area (Å²) in [7, 11) is 1.38. The number of rotatable bonds is 4. The van der Waals surface area contributed by atoms with Crippen LogP contribution in [0.25, 0.3) is 0 Å². The van der Waals surface area contributed by atoms with Crippen molar-refractivity contribution < 1.29 is 18.7 Å². The van der Waals surface area contributed by atoms with E-state index in [4.69, 9.17) is 4.74 Å². The first kappa shape index (κ1) is 26.1. The molecule has 3 aromatic carbocycles. The number of esters is 1. The van der Waals surface area contributed by atoms with E-state index in [-0.39, 0.29) is 28.5 Å². The van der Waals surface area contributed by atoms with Crippen molar-refractivity contribution in [2.75, 3.05) is 31.6 Å². The van der Waals surface area contributed by atoms with Crippen LogP contribution in [-0.4, -0.2) is 43.5 Å². The third kappa shape index (κ3) is 4.97. The molecule has 0 aliphatic carbocycles. The van der Waals surface area contributed by atoms with Gasteiger partial charge in [-0.3, -0.25) is 9.69 Å². The van der Waals surface area contributed by atoms with Crippen LogP contribution in [0.3, 0.4) is 0 Å². The Kier molecular flexibility index (Phi) is 6.86. The van der Waals surface area contributed by atoms with Crippen molar-refractivity contribution in [1.82, 2.24) is 4.90 Å². The number of anilines is 1. The molecule has 2 aliphatic rings. The minimum absolute atomic E-state index is 0.0146. The van der Waals surface area contributed by atoms with E-state index in [2.05, 4.69) is 25.7 Å². The van der Waals surface area contributed by atoms with Gasteiger partial charge in [0, 0.05) is 29.8 Å². The van der Waals surface area contributed by atoms with Crippen LogP contribution in [-0.2, 0) is 22.1 Å². The van der Waals surface area contributed by atoms with Gasteiger partial charge in [-0.1, -0.05) is 45.0 Å². The molecule has 1 amide bonds. The van der Waals surface area contributed by atoms with E-state index in [1.165, 1.54) is 18.7 Å². The highest BCUT2D eigenvalue weighted by molar-refractivity contribution is 6.07. The van der Waals surface area contributed by atoms with E-state index in [1.807, 2.05) is 41.3 Å². The molecule has 6 heteroatoms. The molecule has 1 fully saturated rings. The summed E-state index contributed by atoms with van der Waals surface area (Å²) in [5.41, 5.74) is 5.02. The Labute approximate surface area is 224 Å². The Morgan fingerprint density at radius 1 is 0.921 bits per heavy atom. The maximum absolute atomic E-state index is 14.4. The van der Waals surface area contributed by atoms with Gasteiger partial charge in [-0.15, -0.1) is 0 Å². The van der Waals surface area contributed by atoms with Crippen LogP contribution in [0.15, 0.2) is 66.7 Å². The standard InChI is InChI=1S/C32H35FN2O3/c1-31(2,3)25-11-9-23(10-12-25)29(36)35-21-32(27-19-26(33)13-14-28(27)35)15-17-34(18-16-32)20-22-5-7-24(8-6-22)30(37)38-4/h5-14,19H,15-18,20-21H2,1-4H3. The number of piperidine rings is 1. The van der Waals surface area contributed by atoms with Gasteiger partial charge in [-0.2, -0.15) is 0 Å². The Morgan fingerprint density at radius 2 is 1.55 bits per heavy atom. The van der Waals surface area contributed by atoms with Crippen molar-refractivity contribution in [3.63, 3.8) is 0 Å². The van der Waals surface area contributed by atoms with Crippen LogP contribution >= 0.6 is 0 Å². The molecule has 0 N–H and O–H groups in total. The fourth-order valence-electron chi connectivity index (χ4n) is 5.78. The highest BCUT2D eigenvalue weighted by Crippen LogP contribution is 2.48. The van der Waals surface area contributed by atoms with E-state index in [0.29, 0.717) is 17.7 Å². The highest BCUT2D eigenvalue weighted by Gasteiger charge is 2.46. The van der Waals surface area contributed by atoms with Crippen molar-refractivity contribution in [2.24, 2.45) is 0 Å². The molecule has 2 heterocycles. The summed E-state index contributed by atoms with van der Waals surface area (Å²) >= 11 is 0. The molecule has 5 rings (SSSR count). The zero-order chi connectivity index (χ0) is 27.1. The smallest absolute Gasteiger partial charge is 0.337 e. The third-order valence-electron chi connectivity index (χ3n) is 8.12. The lowest BCUT2D eigenvalue weighted by atomic mass is 9.74.